The summed E-state index contributed by atoms with van der Waals surface area (Å²) in [6, 6.07) is 66.6. The van der Waals surface area contributed by atoms with Crippen LogP contribution in [0.15, 0.2) is 182 Å². The largest absolute Gasteiger partial charge is 0.457 e. The standard InChI is InChI=1S/C49H34N2O/c1-2-14-32(15-3-1)47-39-19-6-9-22-43(39)50-48(51-47)35-17-12-16-33(29-35)34-26-27-37-38-28-25-31-13-4-5-18-36(31)46(38)49(42(37)30-34)40-20-7-10-23-44(40)52-45-24-11-8-21-41(45)49/h1-30,47-48,50-51H/p+1. The molecule has 8 aromatic carbocycles. The number of para-hydroxylation sites is 3. The minimum absolute atomic E-state index is 0.0608. The Morgan fingerprint density at radius 2 is 1.17 bits per heavy atom. The van der Waals surface area contributed by atoms with Crippen LogP contribution in [0.5, 0.6) is 11.5 Å². The lowest BCUT2D eigenvalue weighted by Crippen LogP contribution is -2.85. The van der Waals surface area contributed by atoms with Gasteiger partial charge in [-0.1, -0.05) is 152 Å². The van der Waals surface area contributed by atoms with Gasteiger partial charge >= 0.3 is 0 Å². The van der Waals surface area contributed by atoms with E-state index >= 15 is 0 Å². The van der Waals surface area contributed by atoms with Crippen LogP contribution in [0.1, 0.15) is 51.2 Å². The third-order valence-electron chi connectivity index (χ3n) is 11.5. The summed E-state index contributed by atoms with van der Waals surface area (Å²) in [5.74, 6) is 1.82. The van der Waals surface area contributed by atoms with Crippen LogP contribution in [0.2, 0.25) is 0 Å². The van der Waals surface area contributed by atoms with Gasteiger partial charge in [0.25, 0.3) is 0 Å². The Balaban J connectivity index is 1.10. The molecule has 11 rings (SSSR count). The lowest BCUT2D eigenvalue weighted by Gasteiger charge is -2.40. The highest BCUT2D eigenvalue weighted by Crippen LogP contribution is 2.63. The van der Waals surface area contributed by atoms with Crippen molar-refractivity contribution in [2.75, 3.05) is 0 Å². The Labute approximate surface area is 303 Å². The summed E-state index contributed by atoms with van der Waals surface area (Å²) in [5, 5.41) is 8.89. The van der Waals surface area contributed by atoms with Gasteiger partial charge in [0.15, 0.2) is 6.17 Å². The number of hydrogen-bond donors (Lipinski definition) is 2. The predicted molar refractivity (Wildman–Crippen MR) is 209 cm³/mol. The molecule has 2 heterocycles. The summed E-state index contributed by atoms with van der Waals surface area (Å²) in [5.41, 5.74) is 14.5. The number of rotatable bonds is 3. The molecule has 0 amide bonds. The van der Waals surface area contributed by atoms with Crippen molar-refractivity contribution in [3.63, 3.8) is 0 Å². The quantitative estimate of drug-likeness (QED) is 0.184. The Kier molecular flexibility index (Phi) is 6.45. The minimum Gasteiger partial charge on any atom is -0.457 e. The maximum atomic E-state index is 6.66. The van der Waals surface area contributed by atoms with Gasteiger partial charge in [-0.05, 0) is 80.0 Å². The molecule has 3 aliphatic rings. The smallest absolute Gasteiger partial charge is 0.171 e. The summed E-state index contributed by atoms with van der Waals surface area (Å²) < 4.78 is 6.66. The first-order valence-electron chi connectivity index (χ1n) is 18.2. The fourth-order valence-corrected chi connectivity index (χ4v) is 9.31. The predicted octanol–water partition coefficient (Wildman–Crippen LogP) is 10.6. The monoisotopic (exact) mass is 667 g/mol. The van der Waals surface area contributed by atoms with Gasteiger partial charge in [-0.2, -0.15) is 0 Å². The third kappa shape index (κ3) is 4.21. The van der Waals surface area contributed by atoms with Crippen molar-refractivity contribution in [3.8, 4) is 33.8 Å². The molecule has 0 saturated carbocycles. The van der Waals surface area contributed by atoms with Crippen LogP contribution in [0.3, 0.4) is 0 Å². The average Bonchev–Trinajstić information content (AvgIpc) is 3.51. The van der Waals surface area contributed by atoms with Gasteiger partial charge in [-0.25, -0.2) is 0 Å². The molecule has 3 heteroatoms. The molecule has 1 spiro atoms. The first kappa shape index (κ1) is 29.5. The molecule has 52 heavy (non-hydrogen) atoms. The molecule has 0 fully saturated rings. The van der Waals surface area contributed by atoms with Crippen molar-refractivity contribution in [2.24, 2.45) is 0 Å². The van der Waals surface area contributed by atoms with E-state index in [1.807, 2.05) is 0 Å². The molecule has 2 atom stereocenters. The van der Waals surface area contributed by atoms with Crippen LogP contribution >= 0.6 is 0 Å². The van der Waals surface area contributed by atoms with E-state index in [1.165, 1.54) is 77.7 Å². The van der Waals surface area contributed by atoms with Crippen LogP contribution in [-0.2, 0) is 5.41 Å². The SMILES string of the molecule is c1ccc(C2NC(c3cccc(-c4ccc5c(c4)C4(c6ccccc6Oc6ccccc64)c4c-5ccc5ccccc45)c3)[NH2+]c3ccccc32)cc1. The van der Waals surface area contributed by atoms with E-state index in [1.54, 1.807) is 0 Å². The van der Waals surface area contributed by atoms with Gasteiger partial charge in [0.1, 0.15) is 17.2 Å². The van der Waals surface area contributed by atoms with Crippen molar-refractivity contribution in [1.29, 1.82) is 0 Å². The number of quaternary nitrogens is 1. The van der Waals surface area contributed by atoms with Crippen molar-refractivity contribution >= 4 is 16.5 Å². The van der Waals surface area contributed by atoms with Crippen molar-refractivity contribution < 1.29 is 10.1 Å². The molecule has 246 valence electrons. The first-order chi connectivity index (χ1) is 25.8. The maximum absolute atomic E-state index is 6.66. The summed E-state index contributed by atoms with van der Waals surface area (Å²) in [7, 11) is 0. The van der Waals surface area contributed by atoms with Gasteiger partial charge in [-0.3, -0.25) is 10.6 Å². The summed E-state index contributed by atoms with van der Waals surface area (Å²) in [6.45, 7) is 0. The highest BCUT2D eigenvalue weighted by atomic mass is 16.5. The number of nitrogens with one attached hydrogen (secondary N) is 1. The van der Waals surface area contributed by atoms with Gasteiger partial charge in [0, 0.05) is 22.3 Å². The van der Waals surface area contributed by atoms with Gasteiger partial charge < -0.3 is 4.74 Å². The average molecular weight is 668 g/mol. The number of fused-ring (bicyclic) bond motifs is 12. The first-order valence-corrected chi connectivity index (χ1v) is 18.2. The van der Waals surface area contributed by atoms with E-state index < -0.39 is 5.41 Å². The second kappa shape index (κ2) is 11.4. The van der Waals surface area contributed by atoms with Crippen LogP contribution in [0, 0.1) is 0 Å². The van der Waals surface area contributed by atoms with Crippen LogP contribution in [-0.4, -0.2) is 0 Å². The molecule has 0 bridgehead atoms. The summed E-state index contributed by atoms with van der Waals surface area (Å²) >= 11 is 0. The topological polar surface area (TPSA) is 37.9 Å². The molecule has 2 aliphatic heterocycles. The van der Waals surface area contributed by atoms with Crippen LogP contribution < -0.4 is 15.4 Å². The van der Waals surface area contributed by atoms with E-state index in [-0.39, 0.29) is 12.2 Å². The third-order valence-corrected chi connectivity index (χ3v) is 11.5. The normalized spacial score (nSPS) is 17.4. The zero-order chi connectivity index (χ0) is 34.2. The molecule has 2 unspecified atom stereocenters. The molecule has 3 N–H and O–H groups in total. The molecular formula is C49H35N2O+. The highest BCUT2D eigenvalue weighted by Gasteiger charge is 2.52. The van der Waals surface area contributed by atoms with E-state index in [0.717, 1.165) is 11.5 Å². The van der Waals surface area contributed by atoms with Crippen molar-refractivity contribution in [2.45, 2.75) is 17.6 Å². The Morgan fingerprint density at radius 3 is 2.02 bits per heavy atom. The Hall–Kier alpha value is -6.26. The second-order valence-corrected chi connectivity index (χ2v) is 14.2. The molecule has 3 nitrogen and oxygen atoms in total. The highest BCUT2D eigenvalue weighted by molar-refractivity contribution is 6.01. The summed E-state index contributed by atoms with van der Waals surface area (Å²) in [6.07, 6.45) is 0.0608. The minimum atomic E-state index is -0.546. The van der Waals surface area contributed by atoms with E-state index in [4.69, 9.17) is 4.74 Å². The van der Waals surface area contributed by atoms with E-state index in [0.29, 0.717) is 0 Å². The number of ether oxygens (including phenoxy) is 1. The zero-order valence-corrected chi connectivity index (χ0v) is 28.5. The molecule has 0 aromatic heterocycles. The lowest BCUT2D eigenvalue weighted by molar-refractivity contribution is -0.630. The van der Waals surface area contributed by atoms with E-state index in [9.17, 15) is 0 Å². The van der Waals surface area contributed by atoms with Crippen molar-refractivity contribution in [1.82, 2.24) is 5.32 Å². The number of nitrogens with two attached hydrogens (primary N) is 1. The fourth-order valence-electron chi connectivity index (χ4n) is 9.31. The number of benzene rings is 8. The molecule has 8 aromatic rings. The molecular weight excluding hydrogens is 633 g/mol. The van der Waals surface area contributed by atoms with E-state index in [2.05, 4.69) is 193 Å². The van der Waals surface area contributed by atoms with Gasteiger partial charge in [0.2, 0.25) is 0 Å². The fraction of sp³-hybridized carbons (Fsp3) is 0.0612. The Morgan fingerprint density at radius 1 is 0.500 bits per heavy atom. The molecule has 0 saturated heterocycles. The van der Waals surface area contributed by atoms with Crippen LogP contribution in [0.25, 0.3) is 33.0 Å². The zero-order valence-electron chi connectivity index (χ0n) is 28.5. The van der Waals surface area contributed by atoms with Gasteiger partial charge in [0.05, 0.1) is 11.5 Å². The number of hydrogen-bond acceptors (Lipinski definition) is 2. The Bertz CT molecular complexity index is 2650. The van der Waals surface area contributed by atoms with Crippen molar-refractivity contribution in [3.05, 3.63) is 221 Å². The maximum Gasteiger partial charge on any atom is 0.171 e. The summed E-state index contributed by atoms with van der Waals surface area (Å²) in [4.78, 5) is 0. The van der Waals surface area contributed by atoms with Gasteiger partial charge in [-0.15, -0.1) is 0 Å². The molecule has 1 aliphatic carbocycles. The van der Waals surface area contributed by atoms with Crippen LogP contribution in [0.4, 0.5) is 5.69 Å². The second-order valence-electron chi connectivity index (χ2n) is 14.2. The molecule has 0 radical (unpaired) electrons. The lowest BCUT2D eigenvalue weighted by atomic mass is 9.65.